The molecule has 45 heavy (non-hydrogen) atoms. The highest BCUT2D eigenvalue weighted by molar-refractivity contribution is 6.12. The van der Waals surface area contributed by atoms with E-state index < -0.39 is 0 Å². The van der Waals surface area contributed by atoms with Gasteiger partial charge in [0.1, 0.15) is 0 Å². The Bertz CT molecular complexity index is 2180. The van der Waals surface area contributed by atoms with Gasteiger partial charge in [-0.1, -0.05) is 128 Å². The second-order valence-electron chi connectivity index (χ2n) is 11.8. The van der Waals surface area contributed by atoms with E-state index in [2.05, 4.69) is 84.7 Å². The van der Waals surface area contributed by atoms with Crippen molar-refractivity contribution >= 4 is 32.7 Å². The zero-order valence-electron chi connectivity index (χ0n) is 24.9. The lowest BCUT2D eigenvalue weighted by Crippen LogP contribution is -2.23. The molecule has 0 radical (unpaired) electrons. The Kier molecular flexibility index (Phi) is 6.61. The second kappa shape index (κ2) is 11.1. The van der Waals surface area contributed by atoms with Gasteiger partial charge in [0.15, 0.2) is 17.5 Å². The molecule has 4 heteroatoms. The minimum Gasteiger partial charge on any atom is -0.264 e. The van der Waals surface area contributed by atoms with Crippen LogP contribution >= 0.6 is 0 Å². The van der Waals surface area contributed by atoms with E-state index in [1.54, 1.807) is 0 Å². The van der Waals surface area contributed by atoms with Crippen LogP contribution in [0.4, 0.5) is 0 Å². The summed E-state index contributed by atoms with van der Waals surface area (Å²) in [4.78, 5) is 19.6. The topological polar surface area (TPSA) is 51.6 Å². The molecule has 0 saturated carbocycles. The van der Waals surface area contributed by atoms with Crippen molar-refractivity contribution in [1.82, 2.24) is 19.9 Å². The molecule has 0 saturated heterocycles. The molecule has 2 heterocycles. The largest absolute Gasteiger partial charge is 0.264 e. The molecule has 1 aliphatic rings. The van der Waals surface area contributed by atoms with E-state index in [0.29, 0.717) is 17.5 Å². The molecule has 0 N–H and O–H groups in total. The third-order valence-electron chi connectivity index (χ3n) is 8.75. The fraction of sp³-hybridized carbons (Fsp3) is 0.0732. The number of hydrogen-bond donors (Lipinski definition) is 0. The van der Waals surface area contributed by atoms with Crippen LogP contribution in [-0.4, -0.2) is 19.9 Å². The SMILES string of the molecule is CC1(c2cccnc2)C=C(c2nc(-c3ccccc3)nc(-c3ccccc3)n2)C=C(c2cc3ccccc3c3ccccc23)C1. The first-order valence-electron chi connectivity index (χ1n) is 15.3. The van der Waals surface area contributed by atoms with Crippen molar-refractivity contribution in [2.75, 3.05) is 0 Å². The van der Waals surface area contributed by atoms with E-state index in [4.69, 9.17) is 15.0 Å². The summed E-state index contributed by atoms with van der Waals surface area (Å²) in [5, 5.41) is 4.98. The smallest absolute Gasteiger partial charge is 0.164 e. The molecule has 2 aromatic heterocycles. The summed E-state index contributed by atoms with van der Waals surface area (Å²) in [6.07, 6.45) is 9.22. The maximum Gasteiger partial charge on any atom is 0.164 e. The van der Waals surface area contributed by atoms with Crippen molar-refractivity contribution in [3.8, 4) is 22.8 Å². The van der Waals surface area contributed by atoms with Gasteiger partial charge in [-0.3, -0.25) is 4.98 Å². The van der Waals surface area contributed by atoms with Crippen molar-refractivity contribution < 1.29 is 0 Å². The molecule has 0 spiro atoms. The number of hydrogen-bond acceptors (Lipinski definition) is 4. The van der Waals surface area contributed by atoms with E-state index in [1.807, 2.05) is 79.1 Å². The van der Waals surface area contributed by atoms with Crippen LogP contribution in [0.1, 0.15) is 30.3 Å². The number of nitrogens with zero attached hydrogens (tertiary/aromatic N) is 4. The van der Waals surface area contributed by atoms with Crippen LogP contribution < -0.4 is 0 Å². The van der Waals surface area contributed by atoms with Crippen LogP contribution in [0, 0.1) is 0 Å². The van der Waals surface area contributed by atoms with Crippen LogP contribution in [0.15, 0.2) is 152 Å². The minimum atomic E-state index is -0.340. The third kappa shape index (κ3) is 5.00. The van der Waals surface area contributed by atoms with Gasteiger partial charge in [0.05, 0.1) is 0 Å². The summed E-state index contributed by atoms with van der Waals surface area (Å²) in [6.45, 7) is 2.29. The number of rotatable bonds is 5. The first-order chi connectivity index (χ1) is 22.1. The fourth-order valence-electron chi connectivity index (χ4n) is 6.52. The van der Waals surface area contributed by atoms with E-state index in [-0.39, 0.29) is 5.41 Å². The Hall–Kier alpha value is -5.74. The maximum atomic E-state index is 5.10. The van der Waals surface area contributed by atoms with Crippen molar-refractivity contribution in [3.05, 3.63) is 169 Å². The predicted molar refractivity (Wildman–Crippen MR) is 184 cm³/mol. The van der Waals surface area contributed by atoms with Gasteiger partial charge in [-0.2, -0.15) is 0 Å². The van der Waals surface area contributed by atoms with Crippen molar-refractivity contribution in [2.45, 2.75) is 18.8 Å². The molecule has 1 aliphatic carbocycles. The lowest BCUT2D eigenvalue weighted by molar-refractivity contribution is 0.608. The van der Waals surface area contributed by atoms with Gasteiger partial charge in [-0.25, -0.2) is 15.0 Å². The first kappa shape index (κ1) is 26.9. The number of aromatic nitrogens is 4. The molecule has 1 unspecified atom stereocenters. The van der Waals surface area contributed by atoms with Gasteiger partial charge >= 0.3 is 0 Å². The van der Waals surface area contributed by atoms with Gasteiger partial charge in [-0.05, 0) is 62.9 Å². The molecule has 0 aliphatic heterocycles. The van der Waals surface area contributed by atoms with Crippen molar-refractivity contribution in [1.29, 1.82) is 0 Å². The average Bonchev–Trinajstić information content (AvgIpc) is 3.12. The Balaban J connectivity index is 1.38. The molecule has 4 nitrogen and oxygen atoms in total. The standard InChI is InChI=1S/C41H30N4/c1-41(33-18-12-22-42-27-33)25-31(37-24-30-17-8-9-19-34(30)35-20-10-11-21-36(35)37)23-32(26-41)40-44-38(28-13-4-2-5-14-28)43-39(45-40)29-15-6-3-7-16-29/h2-24,26-27H,25H2,1H3. The molecule has 5 aromatic carbocycles. The van der Waals surface area contributed by atoms with Crippen LogP contribution in [0.5, 0.6) is 0 Å². The zero-order chi connectivity index (χ0) is 30.2. The van der Waals surface area contributed by atoms with Gasteiger partial charge < -0.3 is 0 Å². The van der Waals surface area contributed by atoms with Crippen LogP contribution in [-0.2, 0) is 5.41 Å². The molecule has 8 rings (SSSR count). The Morgan fingerprint density at radius 1 is 0.578 bits per heavy atom. The van der Waals surface area contributed by atoms with Gasteiger partial charge in [-0.15, -0.1) is 0 Å². The van der Waals surface area contributed by atoms with E-state index in [9.17, 15) is 0 Å². The summed E-state index contributed by atoms with van der Waals surface area (Å²) >= 11 is 0. The van der Waals surface area contributed by atoms with Gasteiger partial charge in [0.2, 0.25) is 0 Å². The Labute approximate surface area is 262 Å². The lowest BCUT2D eigenvalue weighted by atomic mass is 9.71. The van der Waals surface area contributed by atoms with E-state index in [0.717, 1.165) is 28.7 Å². The Morgan fingerprint density at radius 3 is 1.84 bits per heavy atom. The highest BCUT2D eigenvalue weighted by Gasteiger charge is 2.32. The minimum absolute atomic E-state index is 0.340. The lowest BCUT2D eigenvalue weighted by Gasteiger charge is -2.32. The molecule has 0 bridgehead atoms. The summed E-state index contributed by atoms with van der Waals surface area (Å²) < 4.78 is 0. The molecule has 214 valence electrons. The normalized spacial score (nSPS) is 16.4. The highest BCUT2D eigenvalue weighted by Crippen LogP contribution is 2.45. The van der Waals surface area contributed by atoms with Crippen molar-refractivity contribution in [2.24, 2.45) is 0 Å². The predicted octanol–water partition coefficient (Wildman–Crippen LogP) is 9.74. The van der Waals surface area contributed by atoms with Crippen LogP contribution in [0.2, 0.25) is 0 Å². The molecule has 0 amide bonds. The summed E-state index contributed by atoms with van der Waals surface area (Å²) in [6, 6.07) is 44.2. The fourth-order valence-corrected chi connectivity index (χ4v) is 6.52. The van der Waals surface area contributed by atoms with Crippen LogP contribution in [0.3, 0.4) is 0 Å². The zero-order valence-corrected chi connectivity index (χ0v) is 24.9. The number of fused-ring (bicyclic) bond motifs is 3. The van der Waals surface area contributed by atoms with Crippen LogP contribution in [0.25, 0.3) is 55.5 Å². The van der Waals surface area contributed by atoms with Gasteiger partial charge in [0.25, 0.3) is 0 Å². The molecular weight excluding hydrogens is 548 g/mol. The maximum absolute atomic E-state index is 5.10. The third-order valence-corrected chi connectivity index (χ3v) is 8.75. The number of benzene rings is 5. The molecular formula is C41H30N4. The Morgan fingerprint density at radius 2 is 1.18 bits per heavy atom. The molecule has 7 aromatic rings. The number of pyridine rings is 1. The van der Waals surface area contributed by atoms with E-state index in [1.165, 1.54) is 32.7 Å². The summed E-state index contributed by atoms with van der Waals surface area (Å²) in [7, 11) is 0. The second-order valence-corrected chi connectivity index (χ2v) is 11.8. The van der Waals surface area contributed by atoms with E-state index >= 15 is 0 Å². The summed E-state index contributed by atoms with van der Waals surface area (Å²) in [5.41, 5.74) is 6.15. The average molecular weight is 579 g/mol. The quantitative estimate of drug-likeness (QED) is 0.191. The molecule has 1 atom stereocenters. The van der Waals surface area contributed by atoms with Crippen molar-refractivity contribution in [3.63, 3.8) is 0 Å². The first-order valence-corrected chi connectivity index (χ1v) is 15.3. The number of allylic oxidation sites excluding steroid dienone is 4. The monoisotopic (exact) mass is 578 g/mol. The summed E-state index contributed by atoms with van der Waals surface area (Å²) in [5.74, 6) is 1.96. The molecule has 0 fully saturated rings. The highest BCUT2D eigenvalue weighted by atomic mass is 15.0. The van der Waals surface area contributed by atoms with Gasteiger partial charge in [0, 0.05) is 34.5 Å².